The van der Waals surface area contributed by atoms with Crippen molar-refractivity contribution < 1.29 is 0 Å². The molecular formula is C11H21N3. The molecule has 0 bridgehead atoms. The number of aromatic nitrogens is 2. The number of imidazole rings is 1. The zero-order valence-electron chi connectivity index (χ0n) is 9.24. The van der Waals surface area contributed by atoms with Gasteiger partial charge in [0.25, 0.3) is 0 Å². The molecule has 0 aliphatic carbocycles. The fourth-order valence-electron chi connectivity index (χ4n) is 1.53. The monoisotopic (exact) mass is 195 g/mol. The summed E-state index contributed by atoms with van der Waals surface area (Å²) in [6, 6.07) is 0. The summed E-state index contributed by atoms with van der Waals surface area (Å²) in [5, 5.41) is 0. The van der Waals surface area contributed by atoms with Crippen molar-refractivity contribution in [2.75, 3.05) is 6.54 Å². The largest absolute Gasteiger partial charge is 0.335 e. The van der Waals surface area contributed by atoms with Gasteiger partial charge in [-0.3, -0.25) is 0 Å². The van der Waals surface area contributed by atoms with E-state index < -0.39 is 0 Å². The number of rotatable bonds is 6. The summed E-state index contributed by atoms with van der Waals surface area (Å²) >= 11 is 0. The fraction of sp³-hybridized carbons (Fsp3) is 0.727. The highest BCUT2D eigenvalue weighted by atomic mass is 15.1. The Morgan fingerprint density at radius 3 is 2.86 bits per heavy atom. The van der Waals surface area contributed by atoms with Crippen molar-refractivity contribution in [1.29, 1.82) is 0 Å². The van der Waals surface area contributed by atoms with E-state index in [1.807, 2.05) is 6.20 Å². The van der Waals surface area contributed by atoms with Gasteiger partial charge in [0.2, 0.25) is 0 Å². The number of nitrogens with two attached hydrogens (primary N) is 1. The van der Waals surface area contributed by atoms with Gasteiger partial charge in [0.1, 0.15) is 5.82 Å². The highest BCUT2D eigenvalue weighted by Gasteiger charge is 2.04. The lowest BCUT2D eigenvalue weighted by atomic mass is 10.1. The Morgan fingerprint density at radius 2 is 2.21 bits per heavy atom. The standard InChI is InChI=1S/C11H21N3/c1-10(2)9-11-13-6-8-14(11)7-4-3-5-12/h6,8,10H,3-5,7,9,12H2,1-2H3. The van der Waals surface area contributed by atoms with E-state index in [1.165, 1.54) is 5.82 Å². The summed E-state index contributed by atoms with van der Waals surface area (Å²) in [5.74, 6) is 1.88. The summed E-state index contributed by atoms with van der Waals surface area (Å²) in [5.41, 5.74) is 5.46. The van der Waals surface area contributed by atoms with Gasteiger partial charge in [-0.05, 0) is 25.3 Å². The molecule has 0 fully saturated rings. The molecule has 3 nitrogen and oxygen atoms in total. The SMILES string of the molecule is CC(C)Cc1nccn1CCCCN. The Bertz CT molecular complexity index is 253. The number of nitrogens with zero attached hydrogens (tertiary/aromatic N) is 2. The molecule has 80 valence electrons. The van der Waals surface area contributed by atoms with Crippen LogP contribution in [0, 0.1) is 5.92 Å². The van der Waals surface area contributed by atoms with Crippen LogP contribution in [0.5, 0.6) is 0 Å². The van der Waals surface area contributed by atoms with Crippen molar-refractivity contribution in [1.82, 2.24) is 9.55 Å². The second kappa shape index (κ2) is 5.81. The number of unbranched alkanes of at least 4 members (excludes halogenated alkanes) is 1. The first-order valence-corrected chi connectivity index (χ1v) is 5.44. The first kappa shape index (κ1) is 11.2. The van der Waals surface area contributed by atoms with Crippen LogP contribution in [-0.4, -0.2) is 16.1 Å². The molecule has 0 aliphatic rings. The average Bonchev–Trinajstić information content (AvgIpc) is 2.52. The Kier molecular flexibility index (Phi) is 4.66. The molecule has 0 aliphatic heterocycles. The van der Waals surface area contributed by atoms with Crippen LogP contribution in [-0.2, 0) is 13.0 Å². The molecule has 0 saturated heterocycles. The van der Waals surface area contributed by atoms with Crippen LogP contribution in [0.15, 0.2) is 12.4 Å². The summed E-state index contributed by atoms with van der Waals surface area (Å²) in [7, 11) is 0. The van der Waals surface area contributed by atoms with Gasteiger partial charge in [-0.25, -0.2) is 4.98 Å². The Hall–Kier alpha value is -0.830. The van der Waals surface area contributed by atoms with E-state index in [9.17, 15) is 0 Å². The summed E-state index contributed by atoms with van der Waals surface area (Å²) in [6.45, 7) is 6.28. The van der Waals surface area contributed by atoms with Crippen LogP contribution >= 0.6 is 0 Å². The van der Waals surface area contributed by atoms with Gasteiger partial charge in [0.05, 0.1) is 0 Å². The Labute approximate surface area is 86.3 Å². The van der Waals surface area contributed by atoms with Crippen LogP contribution in [0.1, 0.15) is 32.5 Å². The van der Waals surface area contributed by atoms with Gasteiger partial charge in [-0.2, -0.15) is 0 Å². The molecule has 3 heteroatoms. The number of aryl methyl sites for hydroxylation is 1. The molecule has 2 N–H and O–H groups in total. The second-order valence-corrected chi connectivity index (χ2v) is 4.13. The molecule has 1 heterocycles. The molecule has 14 heavy (non-hydrogen) atoms. The second-order valence-electron chi connectivity index (χ2n) is 4.13. The van der Waals surface area contributed by atoms with Crippen molar-refractivity contribution in [3.05, 3.63) is 18.2 Å². The molecule has 0 spiro atoms. The highest BCUT2D eigenvalue weighted by Crippen LogP contribution is 2.07. The quantitative estimate of drug-likeness (QED) is 0.704. The molecule has 1 aromatic heterocycles. The first-order valence-electron chi connectivity index (χ1n) is 5.44. The van der Waals surface area contributed by atoms with Crippen molar-refractivity contribution in [3.63, 3.8) is 0 Å². The zero-order valence-corrected chi connectivity index (χ0v) is 9.24. The van der Waals surface area contributed by atoms with Crippen molar-refractivity contribution in [2.45, 2.75) is 39.7 Å². The van der Waals surface area contributed by atoms with Gasteiger partial charge in [0, 0.05) is 25.4 Å². The zero-order chi connectivity index (χ0) is 10.4. The van der Waals surface area contributed by atoms with Crippen LogP contribution in [0.4, 0.5) is 0 Å². The van der Waals surface area contributed by atoms with Crippen molar-refractivity contribution in [3.8, 4) is 0 Å². The van der Waals surface area contributed by atoms with Gasteiger partial charge in [-0.1, -0.05) is 13.8 Å². The van der Waals surface area contributed by atoms with Crippen LogP contribution < -0.4 is 5.73 Å². The van der Waals surface area contributed by atoms with Gasteiger partial charge in [-0.15, -0.1) is 0 Å². The van der Waals surface area contributed by atoms with E-state index in [2.05, 4.69) is 29.6 Å². The molecular weight excluding hydrogens is 174 g/mol. The topological polar surface area (TPSA) is 43.8 Å². The number of hydrogen-bond donors (Lipinski definition) is 1. The lowest BCUT2D eigenvalue weighted by molar-refractivity contribution is 0.548. The van der Waals surface area contributed by atoms with Crippen molar-refractivity contribution >= 4 is 0 Å². The molecule has 1 aromatic rings. The van der Waals surface area contributed by atoms with E-state index in [1.54, 1.807) is 0 Å². The van der Waals surface area contributed by atoms with Crippen molar-refractivity contribution in [2.24, 2.45) is 11.7 Å². The van der Waals surface area contributed by atoms with Crippen LogP contribution in [0.3, 0.4) is 0 Å². The third kappa shape index (κ3) is 3.50. The molecule has 0 saturated carbocycles. The lowest BCUT2D eigenvalue weighted by Gasteiger charge is -2.08. The molecule has 0 amide bonds. The average molecular weight is 195 g/mol. The highest BCUT2D eigenvalue weighted by molar-refractivity contribution is 4.93. The maximum Gasteiger partial charge on any atom is 0.108 e. The minimum atomic E-state index is 0.672. The van der Waals surface area contributed by atoms with E-state index in [4.69, 9.17) is 5.73 Å². The molecule has 1 rings (SSSR count). The van der Waals surface area contributed by atoms with E-state index in [0.29, 0.717) is 5.92 Å². The maximum atomic E-state index is 5.46. The fourth-order valence-corrected chi connectivity index (χ4v) is 1.53. The lowest BCUT2D eigenvalue weighted by Crippen LogP contribution is -2.08. The third-order valence-electron chi connectivity index (χ3n) is 2.25. The normalized spacial score (nSPS) is 11.1. The predicted octanol–water partition coefficient (Wildman–Crippen LogP) is 1.82. The summed E-state index contributed by atoms with van der Waals surface area (Å²) < 4.78 is 2.25. The van der Waals surface area contributed by atoms with Crippen LogP contribution in [0.2, 0.25) is 0 Å². The molecule has 0 aromatic carbocycles. The van der Waals surface area contributed by atoms with Gasteiger partial charge < -0.3 is 10.3 Å². The molecule has 0 unspecified atom stereocenters. The number of hydrogen-bond acceptors (Lipinski definition) is 2. The Morgan fingerprint density at radius 1 is 1.43 bits per heavy atom. The molecule has 0 atom stereocenters. The first-order chi connectivity index (χ1) is 6.74. The predicted molar refractivity (Wildman–Crippen MR) is 59.1 cm³/mol. The summed E-state index contributed by atoms with van der Waals surface area (Å²) in [6.07, 6.45) is 7.27. The Balaban J connectivity index is 2.45. The maximum absolute atomic E-state index is 5.46. The van der Waals surface area contributed by atoms with Gasteiger partial charge >= 0.3 is 0 Å². The smallest absolute Gasteiger partial charge is 0.108 e. The van der Waals surface area contributed by atoms with Crippen LogP contribution in [0.25, 0.3) is 0 Å². The molecule has 0 radical (unpaired) electrons. The minimum Gasteiger partial charge on any atom is -0.335 e. The van der Waals surface area contributed by atoms with E-state index in [-0.39, 0.29) is 0 Å². The van der Waals surface area contributed by atoms with Gasteiger partial charge in [0.15, 0.2) is 0 Å². The van der Waals surface area contributed by atoms with E-state index in [0.717, 1.165) is 32.4 Å². The third-order valence-corrected chi connectivity index (χ3v) is 2.25. The summed E-state index contributed by atoms with van der Waals surface area (Å²) in [4.78, 5) is 4.37. The van der Waals surface area contributed by atoms with E-state index >= 15 is 0 Å². The minimum absolute atomic E-state index is 0.672.